The van der Waals surface area contributed by atoms with E-state index in [1.54, 1.807) is 12.1 Å². The van der Waals surface area contributed by atoms with Gasteiger partial charge in [0.05, 0.1) is 3.57 Å². The summed E-state index contributed by atoms with van der Waals surface area (Å²) in [6, 6.07) is 5.93. The highest BCUT2D eigenvalue weighted by molar-refractivity contribution is 14.1. The topological polar surface area (TPSA) is 43.8 Å². The van der Waals surface area contributed by atoms with Crippen LogP contribution in [-0.2, 0) is 0 Å². The smallest absolute Gasteiger partial charge is 0.254 e. The predicted molar refractivity (Wildman–Crippen MR) is 90.5 cm³/mol. The van der Waals surface area contributed by atoms with Gasteiger partial charge in [-0.1, -0.05) is 6.42 Å². The molecule has 2 saturated heterocycles. The molecule has 1 aromatic rings. The summed E-state index contributed by atoms with van der Waals surface area (Å²) in [5.41, 5.74) is 0.587. The van der Waals surface area contributed by atoms with E-state index in [0.717, 1.165) is 16.7 Å². The maximum absolute atomic E-state index is 12.7. The van der Waals surface area contributed by atoms with E-state index >= 15 is 0 Å². The third-order valence-electron chi connectivity index (χ3n) is 4.64. The molecule has 2 unspecified atom stereocenters. The number of piperazine rings is 1. The van der Waals surface area contributed by atoms with Gasteiger partial charge >= 0.3 is 0 Å². The summed E-state index contributed by atoms with van der Waals surface area (Å²) in [7, 11) is 0. The number of phenols is 1. The largest absolute Gasteiger partial charge is 0.507 e. The molecule has 2 aliphatic heterocycles. The maximum atomic E-state index is 12.7. The second kappa shape index (κ2) is 6.12. The van der Waals surface area contributed by atoms with Crippen LogP contribution in [0.5, 0.6) is 5.75 Å². The molecule has 4 nitrogen and oxygen atoms in total. The van der Waals surface area contributed by atoms with Crippen molar-refractivity contribution in [2.45, 2.75) is 38.3 Å². The molecule has 114 valence electrons. The van der Waals surface area contributed by atoms with E-state index < -0.39 is 0 Å². The fourth-order valence-electron chi connectivity index (χ4n) is 3.45. The SMILES string of the molecule is CC1CN2CCCCC2CN1C(=O)c1ccc(I)c(O)c1. The molecule has 21 heavy (non-hydrogen) atoms. The number of amides is 1. The fraction of sp³-hybridized carbons (Fsp3) is 0.562. The number of carbonyl (C=O) groups excluding carboxylic acids is 1. The predicted octanol–water partition coefficient (Wildman–Crippen LogP) is 2.70. The van der Waals surface area contributed by atoms with Crippen molar-refractivity contribution in [2.75, 3.05) is 19.6 Å². The molecule has 0 spiro atoms. The lowest BCUT2D eigenvalue weighted by molar-refractivity contribution is 0.0151. The Morgan fingerprint density at radius 2 is 2.14 bits per heavy atom. The number of hydrogen-bond donors (Lipinski definition) is 1. The van der Waals surface area contributed by atoms with Crippen molar-refractivity contribution >= 4 is 28.5 Å². The van der Waals surface area contributed by atoms with Crippen molar-refractivity contribution < 1.29 is 9.90 Å². The van der Waals surface area contributed by atoms with Crippen LogP contribution < -0.4 is 0 Å². The number of hydrogen-bond acceptors (Lipinski definition) is 3. The van der Waals surface area contributed by atoms with E-state index in [1.165, 1.54) is 25.8 Å². The fourth-order valence-corrected chi connectivity index (χ4v) is 3.78. The zero-order valence-electron chi connectivity index (χ0n) is 12.3. The van der Waals surface area contributed by atoms with E-state index in [4.69, 9.17) is 0 Å². The van der Waals surface area contributed by atoms with Gasteiger partial charge in [-0.15, -0.1) is 0 Å². The van der Waals surface area contributed by atoms with Gasteiger partial charge in [-0.25, -0.2) is 0 Å². The number of fused-ring (bicyclic) bond motifs is 1. The first kappa shape index (κ1) is 15.1. The first-order chi connectivity index (χ1) is 10.1. The Morgan fingerprint density at radius 3 is 2.90 bits per heavy atom. The molecule has 5 heteroatoms. The van der Waals surface area contributed by atoms with Crippen molar-refractivity contribution in [1.29, 1.82) is 0 Å². The molecule has 2 aliphatic rings. The normalized spacial score (nSPS) is 26.5. The zero-order chi connectivity index (χ0) is 15.0. The average Bonchev–Trinajstić information content (AvgIpc) is 2.48. The summed E-state index contributed by atoms with van der Waals surface area (Å²) >= 11 is 2.07. The molecule has 3 rings (SSSR count). The van der Waals surface area contributed by atoms with Crippen molar-refractivity contribution in [2.24, 2.45) is 0 Å². The highest BCUT2D eigenvalue weighted by atomic mass is 127. The third kappa shape index (κ3) is 3.04. The van der Waals surface area contributed by atoms with Crippen LogP contribution >= 0.6 is 22.6 Å². The molecule has 0 saturated carbocycles. The van der Waals surface area contributed by atoms with Crippen LogP contribution in [0, 0.1) is 3.57 Å². The monoisotopic (exact) mass is 400 g/mol. The molecular weight excluding hydrogens is 379 g/mol. The molecule has 2 atom stereocenters. The summed E-state index contributed by atoms with van der Waals surface area (Å²) in [5.74, 6) is 0.227. The van der Waals surface area contributed by atoms with Gasteiger partial charge in [0.1, 0.15) is 5.75 Å². The maximum Gasteiger partial charge on any atom is 0.254 e. The van der Waals surface area contributed by atoms with Crippen LogP contribution in [0.2, 0.25) is 0 Å². The number of nitrogens with zero attached hydrogens (tertiary/aromatic N) is 2. The van der Waals surface area contributed by atoms with Gasteiger partial charge in [-0.3, -0.25) is 9.69 Å². The first-order valence-electron chi connectivity index (χ1n) is 7.60. The number of rotatable bonds is 1. The molecular formula is C16H21IN2O2. The lowest BCUT2D eigenvalue weighted by atomic mass is 9.96. The Bertz CT molecular complexity index is 549. The van der Waals surface area contributed by atoms with Crippen molar-refractivity contribution in [1.82, 2.24) is 9.80 Å². The second-order valence-electron chi connectivity index (χ2n) is 6.12. The summed E-state index contributed by atoms with van der Waals surface area (Å²) in [6.07, 6.45) is 3.73. The van der Waals surface area contributed by atoms with Crippen molar-refractivity contribution in [3.8, 4) is 5.75 Å². The number of piperidine rings is 1. The van der Waals surface area contributed by atoms with E-state index in [0.29, 0.717) is 11.6 Å². The summed E-state index contributed by atoms with van der Waals surface area (Å²) in [6.45, 7) is 5.07. The van der Waals surface area contributed by atoms with Crippen LogP contribution in [0.1, 0.15) is 36.5 Å². The average molecular weight is 400 g/mol. The van der Waals surface area contributed by atoms with Crippen LogP contribution in [0.25, 0.3) is 0 Å². The van der Waals surface area contributed by atoms with Crippen LogP contribution in [0.3, 0.4) is 0 Å². The molecule has 2 fully saturated rings. The van der Waals surface area contributed by atoms with E-state index in [2.05, 4.69) is 34.4 Å². The quantitative estimate of drug-likeness (QED) is 0.738. The van der Waals surface area contributed by atoms with Gasteiger partial charge in [0, 0.05) is 30.7 Å². The number of phenolic OH excluding ortho intramolecular Hbond substituents is 1. The number of aromatic hydroxyl groups is 1. The van der Waals surface area contributed by atoms with Gasteiger partial charge in [0.15, 0.2) is 0 Å². The van der Waals surface area contributed by atoms with Crippen molar-refractivity contribution in [3.05, 3.63) is 27.3 Å². The minimum Gasteiger partial charge on any atom is -0.507 e. The molecule has 0 aliphatic carbocycles. The zero-order valence-corrected chi connectivity index (χ0v) is 14.4. The van der Waals surface area contributed by atoms with Gasteiger partial charge in [0.2, 0.25) is 0 Å². The lowest BCUT2D eigenvalue weighted by Gasteiger charge is -2.47. The highest BCUT2D eigenvalue weighted by Crippen LogP contribution is 2.27. The van der Waals surface area contributed by atoms with Gasteiger partial charge in [0.25, 0.3) is 5.91 Å². The summed E-state index contributed by atoms with van der Waals surface area (Å²) in [5, 5.41) is 9.81. The number of halogens is 1. The van der Waals surface area contributed by atoms with Gasteiger partial charge in [-0.05, 0) is 67.1 Å². The van der Waals surface area contributed by atoms with Crippen LogP contribution in [-0.4, -0.2) is 52.5 Å². The lowest BCUT2D eigenvalue weighted by Crippen LogP contribution is -2.60. The molecule has 1 aromatic carbocycles. The van der Waals surface area contributed by atoms with E-state index in [-0.39, 0.29) is 17.7 Å². The minimum atomic E-state index is 0.0411. The highest BCUT2D eigenvalue weighted by Gasteiger charge is 2.35. The molecule has 0 bridgehead atoms. The molecule has 1 amide bonds. The molecule has 0 aromatic heterocycles. The Labute approximate surface area is 139 Å². The Morgan fingerprint density at radius 1 is 1.33 bits per heavy atom. The third-order valence-corrected chi connectivity index (χ3v) is 5.55. The second-order valence-corrected chi connectivity index (χ2v) is 7.28. The first-order valence-corrected chi connectivity index (χ1v) is 8.67. The number of benzene rings is 1. The van der Waals surface area contributed by atoms with Crippen LogP contribution in [0.4, 0.5) is 0 Å². The number of carbonyl (C=O) groups is 1. The van der Waals surface area contributed by atoms with E-state index in [9.17, 15) is 9.90 Å². The Kier molecular flexibility index (Phi) is 4.40. The Balaban J connectivity index is 1.78. The van der Waals surface area contributed by atoms with Gasteiger partial charge < -0.3 is 10.0 Å². The summed E-state index contributed by atoms with van der Waals surface area (Å²) in [4.78, 5) is 17.3. The van der Waals surface area contributed by atoms with E-state index in [1.807, 2.05) is 11.0 Å². The minimum absolute atomic E-state index is 0.0411. The standard InChI is InChI=1S/C16H21IN2O2/c1-11-9-18-7-3-2-4-13(18)10-19(11)16(21)12-5-6-14(17)15(20)8-12/h5-6,8,11,13,20H,2-4,7,9-10H2,1H3. The Hall–Kier alpha value is -0.820. The molecule has 2 heterocycles. The van der Waals surface area contributed by atoms with Crippen LogP contribution in [0.15, 0.2) is 18.2 Å². The van der Waals surface area contributed by atoms with Gasteiger partial charge in [-0.2, -0.15) is 0 Å². The molecule has 1 N–H and O–H groups in total. The molecule has 0 radical (unpaired) electrons. The van der Waals surface area contributed by atoms with Crippen molar-refractivity contribution in [3.63, 3.8) is 0 Å². The summed E-state index contributed by atoms with van der Waals surface area (Å²) < 4.78 is 0.772.